The van der Waals surface area contributed by atoms with Gasteiger partial charge in [-0.25, -0.2) is 4.98 Å². The molecule has 1 fully saturated rings. The first-order chi connectivity index (χ1) is 14.4. The van der Waals surface area contributed by atoms with Crippen molar-refractivity contribution < 1.29 is 13.2 Å². The van der Waals surface area contributed by atoms with Crippen molar-refractivity contribution in [1.29, 1.82) is 0 Å². The molecule has 1 saturated heterocycles. The van der Waals surface area contributed by atoms with Gasteiger partial charge < -0.3 is 4.90 Å². The molecule has 164 valence electrons. The average Bonchev–Trinajstić information content (AvgIpc) is 3.23. The molecule has 7 nitrogen and oxygen atoms in total. The van der Waals surface area contributed by atoms with Crippen LogP contribution >= 0.6 is 11.3 Å². The maximum atomic E-state index is 12.7. The van der Waals surface area contributed by atoms with Crippen LogP contribution in [0.1, 0.15) is 32.0 Å². The zero-order valence-electron chi connectivity index (χ0n) is 17.9. The second-order valence-electron chi connectivity index (χ2n) is 7.24. The SMILES string of the molecule is CCc1ccc(-c2nc(CC(=O)N3CCN(S(=O)(=O)N(CC)CC)CC3)cs2)cc1. The van der Waals surface area contributed by atoms with Gasteiger partial charge in [0.15, 0.2) is 0 Å². The van der Waals surface area contributed by atoms with Gasteiger partial charge in [0.05, 0.1) is 12.1 Å². The molecule has 0 N–H and O–H groups in total. The smallest absolute Gasteiger partial charge is 0.282 e. The largest absolute Gasteiger partial charge is 0.340 e. The maximum absolute atomic E-state index is 12.7. The van der Waals surface area contributed by atoms with E-state index in [1.165, 1.54) is 14.2 Å². The van der Waals surface area contributed by atoms with Crippen LogP contribution in [0.4, 0.5) is 0 Å². The van der Waals surface area contributed by atoms with Gasteiger partial charge in [-0.1, -0.05) is 45.0 Å². The van der Waals surface area contributed by atoms with E-state index in [-0.39, 0.29) is 12.3 Å². The summed E-state index contributed by atoms with van der Waals surface area (Å²) in [6, 6.07) is 8.35. The highest BCUT2D eigenvalue weighted by atomic mass is 32.2. The van der Waals surface area contributed by atoms with Gasteiger partial charge in [0, 0.05) is 50.2 Å². The number of aromatic nitrogens is 1. The quantitative estimate of drug-likeness (QED) is 0.620. The number of hydrogen-bond acceptors (Lipinski definition) is 5. The second-order valence-corrected chi connectivity index (χ2v) is 10.0. The predicted octanol–water partition coefficient (Wildman–Crippen LogP) is 2.65. The molecule has 1 amide bonds. The Hall–Kier alpha value is -1.81. The zero-order valence-corrected chi connectivity index (χ0v) is 19.5. The highest BCUT2D eigenvalue weighted by molar-refractivity contribution is 7.86. The van der Waals surface area contributed by atoms with Crippen molar-refractivity contribution >= 4 is 27.5 Å². The summed E-state index contributed by atoms with van der Waals surface area (Å²) in [5.41, 5.74) is 3.11. The molecule has 0 saturated carbocycles. The molecular weight excluding hydrogens is 420 g/mol. The second kappa shape index (κ2) is 10.00. The highest BCUT2D eigenvalue weighted by Crippen LogP contribution is 2.25. The van der Waals surface area contributed by atoms with E-state index in [1.807, 2.05) is 19.2 Å². The van der Waals surface area contributed by atoms with Crippen LogP contribution in [-0.2, 0) is 27.8 Å². The molecule has 1 aliphatic rings. The number of nitrogens with zero attached hydrogens (tertiary/aromatic N) is 4. The lowest BCUT2D eigenvalue weighted by Gasteiger charge is -2.36. The number of amides is 1. The van der Waals surface area contributed by atoms with E-state index in [1.54, 1.807) is 16.2 Å². The van der Waals surface area contributed by atoms with E-state index >= 15 is 0 Å². The summed E-state index contributed by atoms with van der Waals surface area (Å²) < 4.78 is 28.2. The van der Waals surface area contributed by atoms with Crippen LogP contribution in [0, 0.1) is 0 Å². The topological polar surface area (TPSA) is 73.8 Å². The molecule has 0 spiro atoms. The molecule has 3 rings (SSSR count). The van der Waals surface area contributed by atoms with Crippen LogP contribution in [-0.4, -0.2) is 72.1 Å². The van der Waals surface area contributed by atoms with E-state index in [4.69, 9.17) is 0 Å². The van der Waals surface area contributed by atoms with Crippen molar-refractivity contribution in [3.8, 4) is 10.6 Å². The first kappa shape index (κ1) is 22.9. The summed E-state index contributed by atoms with van der Waals surface area (Å²) in [5.74, 6) is -0.00642. The normalized spacial score (nSPS) is 15.7. The summed E-state index contributed by atoms with van der Waals surface area (Å²) in [5, 5.41) is 2.85. The Morgan fingerprint density at radius 1 is 1.07 bits per heavy atom. The van der Waals surface area contributed by atoms with Crippen molar-refractivity contribution in [2.75, 3.05) is 39.3 Å². The Morgan fingerprint density at radius 3 is 2.27 bits per heavy atom. The standard InChI is InChI=1S/C21H30N4O3S2/c1-4-17-7-9-18(10-8-17)21-22-19(16-29-21)15-20(26)23-11-13-25(14-12-23)30(27,28)24(5-2)6-3/h7-10,16H,4-6,11-15H2,1-3H3. The summed E-state index contributed by atoms with van der Waals surface area (Å²) >= 11 is 1.54. The van der Waals surface area contributed by atoms with Gasteiger partial charge in [0.25, 0.3) is 10.2 Å². The van der Waals surface area contributed by atoms with Gasteiger partial charge in [-0.15, -0.1) is 11.3 Å². The van der Waals surface area contributed by atoms with Crippen LogP contribution < -0.4 is 0 Å². The third-order valence-electron chi connectivity index (χ3n) is 5.44. The Labute approximate surface area is 183 Å². The molecule has 0 radical (unpaired) electrons. The fourth-order valence-corrected chi connectivity index (χ4v) is 5.98. The van der Waals surface area contributed by atoms with Crippen LogP contribution in [0.2, 0.25) is 0 Å². The Morgan fingerprint density at radius 2 is 1.70 bits per heavy atom. The summed E-state index contributed by atoms with van der Waals surface area (Å²) in [7, 11) is -3.45. The highest BCUT2D eigenvalue weighted by Gasteiger charge is 2.32. The summed E-state index contributed by atoms with van der Waals surface area (Å²) in [6.07, 6.45) is 1.24. The summed E-state index contributed by atoms with van der Waals surface area (Å²) in [6.45, 7) is 8.18. The monoisotopic (exact) mass is 450 g/mol. The molecule has 1 aromatic carbocycles. The average molecular weight is 451 g/mol. The molecule has 2 heterocycles. The van der Waals surface area contributed by atoms with Crippen molar-refractivity contribution in [2.24, 2.45) is 0 Å². The minimum absolute atomic E-state index is 0.00642. The molecule has 9 heteroatoms. The van der Waals surface area contributed by atoms with Gasteiger partial charge in [-0.2, -0.15) is 17.0 Å². The van der Waals surface area contributed by atoms with Crippen molar-refractivity contribution in [3.63, 3.8) is 0 Å². The molecule has 0 aliphatic carbocycles. The molecule has 1 aliphatic heterocycles. The van der Waals surface area contributed by atoms with Gasteiger partial charge in [0.2, 0.25) is 5.91 Å². The third kappa shape index (κ3) is 5.08. The molecule has 30 heavy (non-hydrogen) atoms. The lowest BCUT2D eigenvalue weighted by atomic mass is 10.1. The van der Waals surface area contributed by atoms with Gasteiger partial charge >= 0.3 is 0 Å². The summed E-state index contributed by atoms with van der Waals surface area (Å²) in [4.78, 5) is 19.1. The fraction of sp³-hybridized carbons (Fsp3) is 0.524. The van der Waals surface area contributed by atoms with Crippen LogP contribution in [0.5, 0.6) is 0 Å². The van der Waals surface area contributed by atoms with Gasteiger partial charge in [0.1, 0.15) is 5.01 Å². The van der Waals surface area contributed by atoms with Crippen LogP contribution in [0.25, 0.3) is 10.6 Å². The molecule has 2 aromatic rings. The Balaban J connectivity index is 1.57. The third-order valence-corrected chi connectivity index (χ3v) is 8.57. The van der Waals surface area contributed by atoms with E-state index in [0.29, 0.717) is 39.3 Å². The first-order valence-electron chi connectivity index (χ1n) is 10.5. The number of benzene rings is 1. The van der Waals surface area contributed by atoms with Gasteiger partial charge in [-0.3, -0.25) is 4.79 Å². The fourth-order valence-electron chi connectivity index (χ4n) is 3.55. The molecule has 1 aromatic heterocycles. The lowest BCUT2D eigenvalue weighted by molar-refractivity contribution is -0.131. The molecule has 0 atom stereocenters. The van der Waals surface area contributed by atoms with E-state index in [2.05, 4.69) is 36.2 Å². The molecule has 0 bridgehead atoms. The number of hydrogen-bond donors (Lipinski definition) is 0. The molecular formula is C21H30N4O3S2. The number of carbonyl (C=O) groups excluding carboxylic acids is 1. The predicted molar refractivity (Wildman–Crippen MR) is 121 cm³/mol. The number of piperazine rings is 1. The number of aryl methyl sites for hydroxylation is 1. The number of rotatable bonds is 8. The Kier molecular flexibility index (Phi) is 7.62. The van der Waals surface area contributed by atoms with E-state index < -0.39 is 10.2 Å². The number of carbonyl (C=O) groups is 1. The molecule has 0 unspecified atom stereocenters. The van der Waals surface area contributed by atoms with Crippen LogP contribution in [0.3, 0.4) is 0 Å². The van der Waals surface area contributed by atoms with E-state index in [0.717, 1.165) is 22.7 Å². The van der Waals surface area contributed by atoms with Crippen LogP contribution in [0.15, 0.2) is 29.6 Å². The number of thiazole rings is 1. The lowest BCUT2D eigenvalue weighted by Crippen LogP contribution is -2.54. The minimum Gasteiger partial charge on any atom is -0.340 e. The Bertz CT molecular complexity index is 945. The van der Waals surface area contributed by atoms with Crippen molar-refractivity contribution in [1.82, 2.24) is 18.5 Å². The zero-order chi connectivity index (χ0) is 21.7. The first-order valence-corrected chi connectivity index (χ1v) is 12.7. The van der Waals surface area contributed by atoms with Gasteiger partial charge in [-0.05, 0) is 12.0 Å². The van der Waals surface area contributed by atoms with Crippen molar-refractivity contribution in [3.05, 3.63) is 40.9 Å². The van der Waals surface area contributed by atoms with E-state index in [9.17, 15) is 13.2 Å². The maximum Gasteiger partial charge on any atom is 0.282 e. The minimum atomic E-state index is -3.45. The van der Waals surface area contributed by atoms with Crippen molar-refractivity contribution in [2.45, 2.75) is 33.6 Å².